The summed E-state index contributed by atoms with van der Waals surface area (Å²) in [7, 11) is 0. The highest BCUT2D eigenvalue weighted by Crippen LogP contribution is 2.13. The summed E-state index contributed by atoms with van der Waals surface area (Å²) >= 11 is 0. The Morgan fingerprint density at radius 1 is 1.47 bits per heavy atom. The highest BCUT2D eigenvalue weighted by molar-refractivity contribution is 5.77. The first-order valence-corrected chi connectivity index (χ1v) is 5.77. The van der Waals surface area contributed by atoms with Crippen LogP contribution >= 0.6 is 0 Å². The summed E-state index contributed by atoms with van der Waals surface area (Å²) in [5, 5.41) is 17.5. The number of carboxylic acids is 1. The van der Waals surface area contributed by atoms with E-state index in [0.717, 1.165) is 0 Å². The van der Waals surface area contributed by atoms with Gasteiger partial charge in [0.15, 0.2) is 6.33 Å². The zero-order chi connectivity index (χ0) is 13.7. The largest absolute Gasteiger partial charge is 0.481 e. The number of rotatable bonds is 5. The number of aromatic nitrogens is 2. The number of urea groups is 1. The third kappa shape index (κ3) is 3.65. The summed E-state index contributed by atoms with van der Waals surface area (Å²) in [5.41, 5.74) is 0. The van der Waals surface area contributed by atoms with Gasteiger partial charge in [-0.15, -0.1) is 0 Å². The fraction of sp³-hybridized carbons (Fsp3) is 0.600. The maximum absolute atomic E-state index is 11.6. The maximum Gasteiger partial charge on any atom is 0.315 e. The quantitative estimate of drug-likeness (QED) is 0.627. The van der Waals surface area contributed by atoms with Gasteiger partial charge in [0.2, 0.25) is 5.89 Å². The van der Waals surface area contributed by atoms with Crippen LogP contribution in [0.15, 0.2) is 10.9 Å². The van der Waals surface area contributed by atoms with E-state index in [4.69, 9.17) is 14.4 Å². The number of nitrogens with zero attached hydrogens (tertiary/aromatic N) is 2. The number of hydrogen-bond acceptors (Lipinski definition) is 6. The standard InChI is InChI=1S/C10H14N4O5/c15-9(16)6-3-18-4-7(6)14-10(17)11-2-1-8-12-5-13-19-8/h5-7H,1-4H2,(H,15,16)(H2,11,14,17). The Labute approximate surface area is 108 Å². The van der Waals surface area contributed by atoms with E-state index >= 15 is 0 Å². The molecule has 104 valence electrons. The second-order valence-electron chi connectivity index (χ2n) is 4.07. The molecule has 2 atom stereocenters. The van der Waals surface area contributed by atoms with Crippen LogP contribution in [0.25, 0.3) is 0 Å². The van der Waals surface area contributed by atoms with Crippen molar-refractivity contribution in [2.24, 2.45) is 5.92 Å². The third-order valence-electron chi connectivity index (χ3n) is 2.75. The van der Waals surface area contributed by atoms with E-state index in [-0.39, 0.29) is 13.2 Å². The van der Waals surface area contributed by atoms with Crippen molar-refractivity contribution >= 4 is 12.0 Å². The predicted molar refractivity (Wildman–Crippen MR) is 60.3 cm³/mol. The number of carbonyl (C=O) groups is 2. The summed E-state index contributed by atoms with van der Waals surface area (Å²) in [4.78, 5) is 26.2. The molecule has 0 saturated carbocycles. The molecule has 0 aliphatic carbocycles. The maximum atomic E-state index is 11.6. The summed E-state index contributed by atoms with van der Waals surface area (Å²) in [6, 6.07) is -0.956. The Morgan fingerprint density at radius 2 is 2.32 bits per heavy atom. The van der Waals surface area contributed by atoms with Gasteiger partial charge in [0.05, 0.1) is 19.3 Å². The van der Waals surface area contributed by atoms with Crippen molar-refractivity contribution in [1.29, 1.82) is 0 Å². The fourth-order valence-electron chi connectivity index (χ4n) is 1.75. The van der Waals surface area contributed by atoms with Crippen LogP contribution in [-0.2, 0) is 16.0 Å². The van der Waals surface area contributed by atoms with E-state index in [0.29, 0.717) is 18.9 Å². The SMILES string of the molecule is O=C(NCCc1ncno1)NC1COCC1C(=O)O. The lowest BCUT2D eigenvalue weighted by Crippen LogP contribution is -2.47. The van der Waals surface area contributed by atoms with Crippen molar-refractivity contribution < 1.29 is 24.0 Å². The fourth-order valence-corrected chi connectivity index (χ4v) is 1.75. The molecular formula is C10H14N4O5. The molecule has 2 amide bonds. The van der Waals surface area contributed by atoms with Crippen LogP contribution < -0.4 is 10.6 Å². The number of carbonyl (C=O) groups excluding carboxylic acids is 1. The topological polar surface area (TPSA) is 127 Å². The van der Waals surface area contributed by atoms with Crippen LogP contribution in [0.1, 0.15) is 5.89 Å². The zero-order valence-corrected chi connectivity index (χ0v) is 10.0. The van der Waals surface area contributed by atoms with Gasteiger partial charge >= 0.3 is 12.0 Å². The zero-order valence-electron chi connectivity index (χ0n) is 10.0. The molecule has 2 unspecified atom stereocenters. The molecule has 0 radical (unpaired) electrons. The molecule has 0 bridgehead atoms. The first kappa shape index (κ1) is 13.3. The van der Waals surface area contributed by atoms with Gasteiger partial charge in [0.25, 0.3) is 0 Å². The van der Waals surface area contributed by atoms with Gasteiger partial charge in [-0.2, -0.15) is 4.98 Å². The molecule has 1 aromatic rings. The number of hydrogen-bond donors (Lipinski definition) is 3. The summed E-state index contributed by atoms with van der Waals surface area (Å²) < 4.78 is 9.81. The van der Waals surface area contributed by atoms with E-state index in [2.05, 4.69) is 20.8 Å². The molecule has 0 spiro atoms. The minimum atomic E-state index is -0.978. The normalized spacial score (nSPS) is 22.1. The van der Waals surface area contributed by atoms with E-state index < -0.39 is 24.0 Å². The van der Waals surface area contributed by atoms with E-state index in [1.54, 1.807) is 0 Å². The molecule has 9 heteroatoms. The average molecular weight is 270 g/mol. The van der Waals surface area contributed by atoms with Gasteiger partial charge < -0.3 is 25.0 Å². The number of amides is 2. The van der Waals surface area contributed by atoms with Crippen LogP contribution in [-0.4, -0.2) is 53.0 Å². The second-order valence-corrected chi connectivity index (χ2v) is 4.07. The van der Waals surface area contributed by atoms with Crippen LogP contribution in [0, 0.1) is 5.92 Å². The van der Waals surface area contributed by atoms with Gasteiger partial charge in [-0.3, -0.25) is 4.79 Å². The Morgan fingerprint density at radius 3 is 3.00 bits per heavy atom. The van der Waals surface area contributed by atoms with Gasteiger partial charge in [0.1, 0.15) is 5.92 Å². The summed E-state index contributed by atoms with van der Waals surface area (Å²) in [6.07, 6.45) is 1.69. The van der Waals surface area contributed by atoms with Crippen molar-refractivity contribution in [3.05, 3.63) is 12.2 Å². The number of nitrogens with one attached hydrogen (secondary N) is 2. The number of aliphatic carboxylic acids is 1. The minimum absolute atomic E-state index is 0.113. The molecule has 2 heterocycles. The van der Waals surface area contributed by atoms with Crippen molar-refractivity contribution in [3.8, 4) is 0 Å². The molecule has 1 saturated heterocycles. The Bertz CT molecular complexity index is 435. The van der Waals surface area contributed by atoms with Crippen LogP contribution in [0.4, 0.5) is 4.79 Å². The van der Waals surface area contributed by atoms with Crippen molar-refractivity contribution in [3.63, 3.8) is 0 Å². The minimum Gasteiger partial charge on any atom is -0.481 e. The highest BCUT2D eigenvalue weighted by Gasteiger charge is 2.34. The Hall–Kier alpha value is -2.16. The Kier molecular flexibility index (Phi) is 4.29. The molecule has 1 aliphatic heterocycles. The Balaban J connectivity index is 1.70. The number of carboxylic acid groups (broad SMARTS) is 1. The predicted octanol–water partition coefficient (Wildman–Crippen LogP) is -0.989. The molecule has 1 aliphatic rings. The molecule has 9 nitrogen and oxygen atoms in total. The van der Waals surface area contributed by atoms with Gasteiger partial charge in [-0.1, -0.05) is 5.16 Å². The number of ether oxygens (including phenoxy) is 1. The van der Waals surface area contributed by atoms with Gasteiger partial charge in [-0.25, -0.2) is 4.79 Å². The van der Waals surface area contributed by atoms with E-state index in [9.17, 15) is 9.59 Å². The van der Waals surface area contributed by atoms with Crippen LogP contribution in [0.5, 0.6) is 0 Å². The average Bonchev–Trinajstić information content (AvgIpc) is 2.99. The molecule has 0 aromatic carbocycles. The molecule has 1 aromatic heterocycles. The van der Waals surface area contributed by atoms with Crippen LogP contribution in [0.3, 0.4) is 0 Å². The van der Waals surface area contributed by atoms with E-state index in [1.807, 2.05) is 0 Å². The molecule has 2 rings (SSSR count). The highest BCUT2D eigenvalue weighted by atomic mass is 16.5. The van der Waals surface area contributed by atoms with Crippen LogP contribution in [0.2, 0.25) is 0 Å². The van der Waals surface area contributed by atoms with Crippen molar-refractivity contribution in [1.82, 2.24) is 20.8 Å². The summed E-state index contributed by atoms with van der Waals surface area (Å²) in [5.74, 6) is -1.26. The molecular weight excluding hydrogens is 256 g/mol. The summed E-state index contributed by atoms with van der Waals surface area (Å²) in [6.45, 7) is 0.635. The molecule has 3 N–H and O–H groups in total. The van der Waals surface area contributed by atoms with Gasteiger partial charge in [-0.05, 0) is 0 Å². The van der Waals surface area contributed by atoms with E-state index in [1.165, 1.54) is 6.33 Å². The second kappa shape index (κ2) is 6.14. The first-order valence-electron chi connectivity index (χ1n) is 5.77. The smallest absolute Gasteiger partial charge is 0.315 e. The first-order chi connectivity index (χ1) is 9.16. The molecule has 1 fully saturated rings. The lowest BCUT2D eigenvalue weighted by molar-refractivity contribution is -0.142. The van der Waals surface area contributed by atoms with Gasteiger partial charge in [0, 0.05) is 13.0 Å². The monoisotopic (exact) mass is 270 g/mol. The van der Waals surface area contributed by atoms with Crippen molar-refractivity contribution in [2.45, 2.75) is 12.5 Å². The molecule has 19 heavy (non-hydrogen) atoms. The lowest BCUT2D eigenvalue weighted by Gasteiger charge is -2.15. The third-order valence-corrected chi connectivity index (χ3v) is 2.75. The lowest BCUT2D eigenvalue weighted by atomic mass is 10.0. The van der Waals surface area contributed by atoms with Crippen molar-refractivity contribution in [2.75, 3.05) is 19.8 Å².